The number of pyridine rings is 1. The van der Waals surface area contributed by atoms with Gasteiger partial charge in [0.15, 0.2) is 0 Å². The largest absolute Gasteiger partial charge is 0.493 e. The Labute approximate surface area is 181 Å². The highest BCUT2D eigenvalue weighted by atomic mass is 16.5. The summed E-state index contributed by atoms with van der Waals surface area (Å²) in [5, 5.41) is 10.9. The number of aromatic amines is 1. The van der Waals surface area contributed by atoms with Crippen molar-refractivity contribution >= 4 is 0 Å². The van der Waals surface area contributed by atoms with Gasteiger partial charge in [-0.1, -0.05) is 37.3 Å². The van der Waals surface area contributed by atoms with Crippen LogP contribution in [0.4, 0.5) is 0 Å². The minimum Gasteiger partial charge on any atom is -0.493 e. The van der Waals surface area contributed by atoms with Crippen molar-refractivity contribution in [3.05, 3.63) is 65.9 Å². The number of rotatable bonds is 5. The van der Waals surface area contributed by atoms with Crippen LogP contribution in [0, 0.1) is 6.92 Å². The van der Waals surface area contributed by atoms with E-state index in [0.717, 1.165) is 53.7 Å². The van der Waals surface area contributed by atoms with Crippen LogP contribution in [-0.4, -0.2) is 36.6 Å². The third-order valence-electron chi connectivity index (χ3n) is 5.93. The first-order valence-corrected chi connectivity index (χ1v) is 10.7. The van der Waals surface area contributed by atoms with Gasteiger partial charge in [0.2, 0.25) is 0 Å². The second-order valence-electron chi connectivity index (χ2n) is 8.43. The summed E-state index contributed by atoms with van der Waals surface area (Å²) in [6.45, 7) is 8.01. The summed E-state index contributed by atoms with van der Waals surface area (Å²) in [7, 11) is 0. The van der Waals surface area contributed by atoms with Gasteiger partial charge in [0.25, 0.3) is 0 Å². The maximum Gasteiger partial charge on any atom is 0.126 e. The predicted octanol–water partition coefficient (Wildman–Crippen LogP) is 4.73. The SMILES string of the molecule is Cc1[nH]nnc1-c1ccnc(-c2cn(C[C@@H]3CCOc4c(C(C)C)cccc43)cn2)c1. The Kier molecular flexibility index (Phi) is 5.02. The number of benzene rings is 1. The number of para-hydroxylation sites is 1. The van der Waals surface area contributed by atoms with Crippen LogP contribution in [0.15, 0.2) is 49.1 Å². The summed E-state index contributed by atoms with van der Waals surface area (Å²) in [5.41, 5.74) is 7.02. The van der Waals surface area contributed by atoms with Gasteiger partial charge in [0, 0.05) is 30.4 Å². The molecule has 0 amide bonds. The molecule has 1 atom stereocenters. The van der Waals surface area contributed by atoms with Crippen molar-refractivity contribution in [3.63, 3.8) is 0 Å². The molecule has 4 heterocycles. The molecule has 0 saturated carbocycles. The van der Waals surface area contributed by atoms with Crippen LogP contribution in [0.3, 0.4) is 0 Å². The minimum absolute atomic E-state index is 0.404. The van der Waals surface area contributed by atoms with Gasteiger partial charge in [-0.15, -0.1) is 5.10 Å². The monoisotopic (exact) mass is 414 g/mol. The van der Waals surface area contributed by atoms with Gasteiger partial charge in [-0.3, -0.25) is 10.1 Å². The summed E-state index contributed by atoms with van der Waals surface area (Å²) >= 11 is 0. The molecule has 4 aromatic rings. The first kappa shape index (κ1) is 19.5. The van der Waals surface area contributed by atoms with Gasteiger partial charge in [-0.05, 0) is 42.5 Å². The molecule has 0 saturated heterocycles. The van der Waals surface area contributed by atoms with E-state index < -0.39 is 0 Å². The molecule has 5 rings (SSSR count). The Bertz CT molecular complexity index is 1210. The summed E-state index contributed by atoms with van der Waals surface area (Å²) in [5.74, 6) is 1.92. The molecule has 0 bridgehead atoms. The van der Waals surface area contributed by atoms with Crippen LogP contribution >= 0.6 is 0 Å². The van der Waals surface area contributed by atoms with E-state index in [1.54, 1.807) is 6.20 Å². The highest BCUT2D eigenvalue weighted by Crippen LogP contribution is 2.40. The van der Waals surface area contributed by atoms with Crippen molar-refractivity contribution in [2.75, 3.05) is 6.61 Å². The molecule has 0 fully saturated rings. The maximum atomic E-state index is 6.07. The zero-order valence-electron chi connectivity index (χ0n) is 18.0. The Morgan fingerprint density at radius 3 is 2.90 bits per heavy atom. The topological polar surface area (TPSA) is 81.5 Å². The van der Waals surface area contributed by atoms with E-state index in [2.05, 4.69) is 68.2 Å². The number of nitrogens with zero attached hydrogens (tertiary/aromatic N) is 5. The first-order valence-electron chi connectivity index (χ1n) is 10.7. The number of aromatic nitrogens is 6. The van der Waals surface area contributed by atoms with Gasteiger partial charge in [0.05, 0.1) is 24.3 Å². The fraction of sp³-hybridized carbons (Fsp3) is 0.333. The van der Waals surface area contributed by atoms with E-state index >= 15 is 0 Å². The minimum atomic E-state index is 0.404. The van der Waals surface area contributed by atoms with Crippen molar-refractivity contribution in [2.24, 2.45) is 0 Å². The summed E-state index contributed by atoms with van der Waals surface area (Å²) in [4.78, 5) is 9.15. The second-order valence-corrected chi connectivity index (χ2v) is 8.43. The molecule has 1 aliphatic rings. The average molecular weight is 415 g/mol. The summed E-state index contributed by atoms with van der Waals surface area (Å²) < 4.78 is 8.23. The quantitative estimate of drug-likeness (QED) is 0.511. The lowest BCUT2D eigenvalue weighted by molar-refractivity contribution is 0.255. The molecule has 0 aliphatic carbocycles. The first-order chi connectivity index (χ1) is 15.1. The molecule has 0 radical (unpaired) electrons. The van der Waals surface area contributed by atoms with E-state index in [0.29, 0.717) is 11.8 Å². The van der Waals surface area contributed by atoms with E-state index in [4.69, 9.17) is 4.74 Å². The molecule has 0 spiro atoms. The van der Waals surface area contributed by atoms with Crippen LogP contribution in [0.1, 0.15) is 48.9 Å². The van der Waals surface area contributed by atoms with Gasteiger partial charge in [0.1, 0.15) is 17.1 Å². The van der Waals surface area contributed by atoms with Crippen LogP contribution in [-0.2, 0) is 6.54 Å². The third kappa shape index (κ3) is 3.71. The summed E-state index contributed by atoms with van der Waals surface area (Å²) in [6, 6.07) is 10.5. The maximum absolute atomic E-state index is 6.07. The number of hydrogen-bond donors (Lipinski definition) is 1. The molecule has 1 N–H and O–H groups in total. The Morgan fingerprint density at radius 2 is 2.10 bits per heavy atom. The molecule has 158 valence electrons. The van der Waals surface area contributed by atoms with Crippen molar-refractivity contribution in [2.45, 2.75) is 45.6 Å². The Balaban J connectivity index is 1.40. The zero-order chi connectivity index (χ0) is 21.4. The van der Waals surface area contributed by atoms with Crippen LogP contribution in [0.25, 0.3) is 22.6 Å². The number of ether oxygens (including phenoxy) is 1. The summed E-state index contributed by atoms with van der Waals surface area (Å²) in [6.07, 6.45) is 6.76. The van der Waals surface area contributed by atoms with Crippen LogP contribution in [0.2, 0.25) is 0 Å². The van der Waals surface area contributed by atoms with Gasteiger partial charge in [-0.2, -0.15) is 0 Å². The van der Waals surface area contributed by atoms with E-state index in [-0.39, 0.29) is 0 Å². The predicted molar refractivity (Wildman–Crippen MR) is 119 cm³/mol. The lowest BCUT2D eigenvalue weighted by Gasteiger charge is -2.28. The standard InChI is InChI=1S/C24H26N6O/c1-15(2)19-5-4-6-20-18(8-10-31-24(19)20)12-30-13-22(26-14-30)21-11-17(7-9-25-21)23-16(3)27-29-28-23/h4-7,9,11,13-15,18H,8,10,12H2,1-3H3,(H,27,28,29)/t18-/m0/s1. The third-order valence-corrected chi connectivity index (χ3v) is 5.93. The van der Waals surface area contributed by atoms with Crippen LogP contribution in [0.5, 0.6) is 5.75 Å². The van der Waals surface area contributed by atoms with E-state index in [9.17, 15) is 0 Å². The molecule has 1 aromatic carbocycles. The van der Waals surface area contributed by atoms with E-state index in [1.807, 2.05) is 25.4 Å². The number of H-pyrrole nitrogens is 1. The fourth-order valence-electron chi connectivity index (χ4n) is 4.28. The fourth-order valence-corrected chi connectivity index (χ4v) is 4.28. The second kappa shape index (κ2) is 7.98. The number of hydrogen-bond acceptors (Lipinski definition) is 5. The number of aryl methyl sites for hydroxylation is 1. The van der Waals surface area contributed by atoms with Crippen LogP contribution < -0.4 is 4.74 Å². The molecule has 3 aromatic heterocycles. The highest BCUT2D eigenvalue weighted by molar-refractivity contribution is 5.67. The number of imidazole rings is 1. The number of fused-ring (bicyclic) bond motifs is 1. The number of nitrogens with one attached hydrogen (secondary N) is 1. The molecule has 7 heteroatoms. The van der Waals surface area contributed by atoms with Gasteiger partial charge in [-0.25, -0.2) is 4.98 Å². The Morgan fingerprint density at radius 1 is 1.19 bits per heavy atom. The normalized spacial score (nSPS) is 15.7. The van der Waals surface area contributed by atoms with Gasteiger partial charge < -0.3 is 9.30 Å². The molecule has 31 heavy (non-hydrogen) atoms. The molecule has 1 aliphatic heterocycles. The Hall–Kier alpha value is -3.48. The average Bonchev–Trinajstić information content (AvgIpc) is 3.42. The zero-order valence-corrected chi connectivity index (χ0v) is 18.0. The van der Waals surface area contributed by atoms with Crippen molar-refractivity contribution in [1.82, 2.24) is 29.9 Å². The lowest BCUT2D eigenvalue weighted by Crippen LogP contribution is -2.19. The molecular formula is C24H26N6O. The van der Waals surface area contributed by atoms with Crippen molar-refractivity contribution in [3.8, 4) is 28.4 Å². The van der Waals surface area contributed by atoms with E-state index in [1.165, 1.54) is 11.1 Å². The van der Waals surface area contributed by atoms with Gasteiger partial charge >= 0.3 is 0 Å². The van der Waals surface area contributed by atoms with Crippen molar-refractivity contribution in [1.29, 1.82) is 0 Å². The molecular weight excluding hydrogens is 388 g/mol. The van der Waals surface area contributed by atoms with Crippen molar-refractivity contribution < 1.29 is 4.74 Å². The molecule has 0 unspecified atom stereocenters. The molecule has 7 nitrogen and oxygen atoms in total. The smallest absolute Gasteiger partial charge is 0.126 e. The highest BCUT2D eigenvalue weighted by Gasteiger charge is 2.25. The lowest BCUT2D eigenvalue weighted by atomic mass is 9.88.